The Kier molecular flexibility index (Phi) is 2.70. The molecule has 0 saturated carbocycles. The van der Waals surface area contributed by atoms with Crippen molar-refractivity contribution in [3.8, 4) is 0 Å². The average Bonchev–Trinajstić information content (AvgIpc) is 2.65. The van der Waals surface area contributed by atoms with E-state index in [1.54, 1.807) is 0 Å². The number of aromatic amines is 1. The van der Waals surface area contributed by atoms with E-state index in [0.29, 0.717) is 6.54 Å². The molecule has 2 rings (SSSR count). The summed E-state index contributed by atoms with van der Waals surface area (Å²) in [6.07, 6.45) is 0. The highest BCUT2D eigenvalue weighted by Gasteiger charge is 2.12. The van der Waals surface area contributed by atoms with Crippen molar-refractivity contribution in [2.24, 2.45) is 5.73 Å². The maximum Gasteiger partial charge on any atom is 0.125 e. The number of para-hydroxylation sites is 1. The molecule has 1 aromatic heterocycles. The van der Waals surface area contributed by atoms with Crippen molar-refractivity contribution < 1.29 is 0 Å². The molecule has 1 heterocycles. The molecule has 0 bridgehead atoms. The standard InChI is InChI=1S/C11H16N4/c1-7-4-3-5-8-10(7)15-11(14-8)9(6-12)13-2/h3-5,9,13H,6,12H2,1-2H3,(H,14,15). The van der Waals surface area contributed by atoms with Crippen molar-refractivity contribution in [3.63, 3.8) is 0 Å². The Morgan fingerprint density at radius 2 is 2.33 bits per heavy atom. The molecule has 0 spiro atoms. The zero-order valence-electron chi connectivity index (χ0n) is 9.04. The van der Waals surface area contributed by atoms with Gasteiger partial charge in [0.1, 0.15) is 5.82 Å². The van der Waals surface area contributed by atoms with Crippen molar-refractivity contribution in [2.45, 2.75) is 13.0 Å². The third kappa shape index (κ3) is 1.73. The first-order chi connectivity index (χ1) is 7.26. The Morgan fingerprint density at radius 3 is 2.93 bits per heavy atom. The summed E-state index contributed by atoms with van der Waals surface area (Å²) in [5.41, 5.74) is 8.93. The van der Waals surface area contributed by atoms with Crippen molar-refractivity contribution in [1.82, 2.24) is 15.3 Å². The molecule has 0 saturated heterocycles. The van der Waals surface area contributed by atoms with Crippen LogP contribution in [0, 0.1) is 6.92 Å². The van der Waals surface area contributed by atoms with Gasteiger partial charge in [-0.2, -0.15) is 0 Å². The van der Waals surface area contributed by atoms with Crippen LogP contribution in [-0.2, 0) is 0 Å². The largest absolute Gasteiger partial charge is 0.341 e. The molecule has 4 heteroatoms. The van der Waals surface area contributed by atoms with Gasteiger partial charge in [0.05, 0.1) is 17.1 Å². The maximum atomic E-state index is 5.65. The van der Waals surface area contributed by atoms with Gasteiger partial charge in [0.25, 0.3) is 0 Å². The smallest absolute Gasteiger partial charge is 0.125 e. The van der Waals surface area contributed by atoms with Gasteiger partial charge in [-0.3, -0.25) is 0 Å². The lowest BCUT2D eigenvalue weighted by Gasteiger charge is -2.09. The van der Waals surface area contributed by atoms with Gasteiger partial charge in [-0.05, 0) is 25.6 Å². The fourth-order valence-electron chi connectivity index (χ4n) is 1.73. The molecule has 15 heavy (non-hydrogen) atoms. The number of likely N-dealkylation sites (N-methyl/N-ethyl adjacent to an activating group) is 1. The van der Waals surface area contributed by atoms with Crippen LogP contribution in [0.25, 0.3) is 11.0 Å². The molecule has 0 fully saturated rings. The predicted molar refractivity (Wildman–Crippen MR) is 61.7 cm³/mol. The van der Waals surface area contributed by atoms with E-state index in [-0.39, 0.29) is 6.04 Å². The summed E-state index contributed by atoms with van der Waals surface area (Å²) in [5, 5.41) is 3.13. The topological polar surface area (TPSA) is 66.7 Å². The second-order valence-electron chi connectivity index (χ2n) is 3.67. The van der Waals surface area contributed by atoms with E-state index in [9.17, 15) is 0 Å². The number of nitrogens with one attached hydrogen (secondary N) is 2. The Balaban J connectivity index is 2.51. The minimum Gasteiger partial charge on any atom is -0.341 e. The molecule has 0 aliphatic heterocycles. The minimum absolute atomic E-state index is 0.0943. The van der Waals surface area contributed by atoms with Crippen LogP contribution in [0.2, 0.25) is 0 Å². The summed E-state index contributed by atoms with van der Waals surface area (Å²) in [5.74, 6) is 0.907. The highest BCUT2D eigenvalue weighted by Crippen LogP contribution is 2.18. The van der Waals surface area contributed by atoms with E-state index in [1.165, 1.54) is 5.56 Å². The summed E-state index contributed by atoms with van der Waals surface area (Å²) >= 11 is 0. The van der Waals surface area contributed by atoms with Crippen LogP contribution < -0.4 is 11.1 Å². The Morgan fingerprint density at radius 1 is 1.53 bits per heavy atom. The van der Waals surface area contributed by atoms with Crippen LogP contribution >= 0.6 is 0 Å². The van der Waals surface area contributed by atoms with Crippen molar-refractivity contribution >= 4 is 11.0 Å². The van der Waals surface area contributed by atoms with Gasteiger partial charge in [0.15, 0.2) is 0 Å². The molecule has 1 unspecified atom stereocenters. The minimum atomic E-state index is 0.0943. The second kappa shape index (κ2) is 4.00. The fourth-order valence-corrected chi connectivity index (χ4v) is 1.73. The summed E-state index contributed by atoms with van der Waals surface area (Å²) in [6.45, 7) is 2.60. The molecular weight excluding hydrogens is 188 g/mol. The Labute approximate surface area is 88.9 Å². The number of H-pyrrole nitrogens is 1. The number of nitrogens with two attached hydrogens (primary N) is 1. The number of aromatic nitrogens is 2. The van der Waals surface area contributed by atoms with Gasteiger partial charge in [0.2, 0.25) is 0 Å². The van der Waals surface area contributed by atoms with E-state index in [1.807, 2.05) is 19.2 Å². The van der Waals surface area contributed by atoms with Gasteiger partial charge >= 0.3 is 0 Å². The molecule has 2 aromatic rings. The van der Waals surface area contributed by atoms with E-state index in [4.69, 9.17) is 5.73 Å². The average molecular weight is 204 g/mol. The lowest BCUT2D eigenvalue weighted by Crippen LogP contribution is -2.25. The fraction of sp³-hybridized carbons (Fsp3) is 0.364. The molecule has 80 valence electrons. The number of hydrogen-bond donors (Lipinski definition) is 3. The van der Waals surface area contributed by atoms with E-state index in [0.717, 1.165) is 16.9 Å². The van der Waals surface area contributed by atoms with Crippen LogP contribution in [0.4, 0.5) is 0 Å². The monoisotopic (exact) mass is 204 g/mol. The molecule has 1 atom stereocenters. The number of fused-ring (bicyclic) bond motifs is 1. The first kappa shape index (κ1) is 10.1. The molecule has 1 aromatic carbocycles. The number of aryl methyl sites for hydroxylation is 1. The molecule has 4 N–H and O–H groups in total. The van der Waals surface area contributed by atoms with Crippen LogP contribution in [0.15, 0.2) is 18.2 Å². The normalized spacial score (nSPS) is 13.3. The summed E-state index contributed by atoms with van der Waals surface area (Å²) in [7, 11) is 1.89. The van der Waals surface area contributed by atoms with Gasteiger partial charge in [-0.15, -0.1) is 0 Å². The molecule has 0 radical (unpaired) electrons. The third-order valence-electron chi connectivity index (χ3n) is 2.65. The molecule has 0 aliphatic carbocycles. The van der Waals surface area contributed by atoms with E-state index < -0.39 is 0 Å². The van der Waals surface area contributed by atoms with Crippen LogP contribution in [0.1, 0.15) is 17.4 Å². The quantitative estimate of drug-likeness (QED) is 0.701. The number of nitrogens with zero attached hydrogens (tertiary/aromatic N) is 1. The van der Waals surface area contributed by atoms with Crippen molar-refractivity contribution in [2.75, 3.05) is 13.6 Å². The van der Waals surface area contributed by atoms with Gasteiger partial charge in [-0.1, -0.05) is 12.1 Å². The third-order valence-corrected chi connectivity index (χ3v) is 2.65. The van der Waals surface area contributed by atoms with Crippen LogP contribution in [-0.4, -0.2) is 23.6 Å². The highest BCUT2D eigenvalue weighted by molar-refractivity contribution is 5.78. The zero-order valence-corrected chi connectivity index (χ0v) is 9.04. The highest BCUT2D eigenvalue weighted by atomic mass is 15.0. The predicted octanol–water partition coefficient (Wildman–Crippen LogP) is 1.09. The first-order valence-electron chi connectivity index (χ1n) is 5.09. The summed E-state index contributed by atoms with van der Waals surface area (Å²) in [4.78, 5) is 7.84. The van der Waals surface area contributed by atoms with Gasteiger partial charge in [-0.25, -0.2) is 4.98 Å². The lowest BCUT2D eigenvalue weighted by atomic mass is 10.2. The van der Waals surface area contributed by atoms with Crippen molar-refractivity contribution in [1.29, 1.82) is 0 Å². The number of imidazole rings is 1. The SMILES string of the molecule is CNC(CN)c1nc2c(C)cccc2[nH]1. The Bertz CT molecular complexity index is 457. The Hall–Kier alpha value is -1.39. The zero-order chi connectivity index (χ0) is 10.8. The van der Waals surface area contributed by atoms with Crippen molar-refractivity contribution in [3.05, 3.63) is 29.6 Å². The molecular formula is C11H16N4. The van der Waals surface area contributed by atoms with E-state index in [2.05, 4.69) is 28.3 Å². The van der Waals surface area contributed by atoms with Crippen LogP contribution in [0.5, 0.6) is 0 Å². The molecule has 0 amide bonds. The number of rotatable bonds is 3. The van der Waals surface area contributed by atoms with Gasteiger partial charge < -0.3 is 16.0 Å². The van der Waals surface area contributed by atoms with Gasteiger partial charge in [0, 0.05) is 6.54 Å². The number of hydrogen-bond acceptors (Lipinski definition) is 3. The number of benzene rings is 1. The lowest BCUT2D eigenvalue weighted by molar-refractivity contribution is 0.578. The summed E-state index contributed by atoms with van der Waals surface area (Å²) < 4.78 is 0. The van der Waals surface area contributed by atoms with Crippen LogP contribution in [0.3, 0.4) is 0 Å². The molecule has 0 aliphatic rings. The maximum absolute atomic E-state index is 5.65. The molecule has 4 nitrogen and oxygen atoms in total. The first-order valence-corrected chi connectivity index (χ1v) is 5.09. The van der Waals surface area contributed by atoms with E-state index >= 15 is 0 Å². The summed E-state index contributed by atoms with van der Waals surface area (Å²) in [6, 6.07) is 6.21. The second-order valence-corrected chi connectivity index (χ2v) is 3.67.